The zero-order chi connectivity index (χ0) is 19.8. The summed E-state index contributed by atoms with van der Waals surface area (Å²) in [5.74, 6) is 0.814. The van der Waals surface area contributed by atoms with Gasteiger partial charge in [0.25, 0.3) is 0 Å². The molecule has 1 N–H and O–H groups in total. The second-order valence-electron chi connectivity index (χ2n) is 7.78. The number of nitrogens with one attached hydrogen (secondary N) is 1. The van der Waals surface area contributed by atoms with E-state index in [0.29, 0.717) is 70.4 Å². The molecule has 9 nitrogen and oxygen atoms in total. The molecular formula is C20H25N3O6. The first kappa shape index (κ1) is 18.5. The maximum Gasteiger partial charge on any atom is 0.317 e. The first-order valence-electron chi connectivity index (χ1n) is 10.2. The molecule has 0 saturated carbocycles. The largest absolute Gasteiger partial charge is 0.486 e. The molecule has 3 amide bonds. The lowest BCUT2D eigenvalue weighted by molar-refractivity contribution is -0.181. The van der Waals surface area contributed by atoms with Gasteiger partial charge in [0.2, 0.25) is 5.91 Å². The number of rotatable bonds is 2. The third-order valence-corrected chi connectivity index (χ3v) is 5.92. The first-order valence-corrected chi connectivity index (χ1v) is 10.2. The zero-order valence-electron chi connectivity index (χ0n) is 16.2. The summed E-state index contributed by atoms with van der Waals surface area (Å²) in [7, 11) is 0. The summed E-state index contributed by atoms with van der Waals surface area (Å²) in [6, 6.07) is 5.13. The van der Waals surface area contributed by atoms with Crippen LogP contribution in [-0.4, -0.2) is 74.7 Å². The molecule has 1 aromatic rings. The Kier molecular flexibility index (Phi) is 4.71. The van der Waals surface area contributed by atoms with Gasteiger partial charge in [0, 0.05) is 50.7 Å². The monoisotopic (exact) mass is 403 g/mol. The van der Waals surface area contributed by atoms with Crippen LogP contribution in [-0.2, 0) is 14.3 Å². The number of hydrogen-bond donors (Lipinski definition) is 1. The van der Waals surface area contributed by atoms with Crippen LogP contribution in [0.1, 0.15) is 19.3 Å². The van der Waals surface area contributed by atoms with Gasteiger partial charge in [-0.3, -0.25) is 4.79 Å². The minimum absolute atomic E-state index is 0.0164. The number of carbonyl (C=O) groups is 2. The predicted octanol–water partition coefficient (Wildman–Crippen LogP) is 1.11. The molecule has 5 rings (SSSR count). The van der Waals surface area contributed by atoms with Crippen molar-refractivity contribution in [3.8, 4) is 11.5 Å². The number of amides is 3. The number of benzene rings is 1. The molecule has 4 heterocycles. The van der Waals surface area contributed by atoms with E-state index in [4.69, 9.17) is 18.9 Å². The summed E-state index contributed by atoms with van der Waals surface area (Å²) in [6.45, 7) is 3.86. The van der Waals surface area contributed by atoms with Crippen molar-refractivity contribution in [3.05, 3.63) is 18.2 Å². The fourth-order valence-electron chi connectivity index (χ4n) is 4.36. The van der Waals surface area contributed by atoms with Gasteiger partial charge in [-0.25, -0.2) is 4.79 Å². The Labute approximate surface area is 168 Å². The van der Waals surface area contributed by atoms with Crippen LogP contribution in [0.3, 0.4) is 0 Å². The van der Waals surface area contributed by atoms with E-state index in [1.54, 1.807) is 9.80 Å². The standard InChI is InChI=1S/C20H25N3O6/c24-18-11-14(13-23(18)15-1-2-16-17(12-15)27-8-7-26-16)21-19(25)22-5-3-20(4-6-22)28-9-10-29-20/h1-2,12,14H,3-11,13H2,(H,21,25)/t14-/m1/s1. The lowest BCUT2D eigenvalue weighted by Gasteiger charge is -2.37. The number of hydrogen-bond acceptors (Lipinski definition) is 6. The van der Waals surface area contributed by atoms with Gasteiger partial charge in [-0.1, -0.05) is 0 Å². The van der Waals surface area contributed by atoms with Crippen molar-refractivity contribution in [2.24, 2.45) is 0 Å². The van der Waals surface area contributed by atoms with Gasteiger partial charge in [0.15, 0.2) is 17.3 Å². The number of carbonyl (C=O) groups excluding carboxylic acids is 2. The number of ether oxygens (including phenoxy) is 4. The molecule has 1 aromatic carbocycles. The van der Waals surface area contributed by atoms with Crippen LogP contribution in [0.25, 0.3) is 0 Å². The second-order valence-corrected chi connectivity index (χ2v) is 7.78. The smallest absolute Gasteiger partial charge is 0.317 e. The van der Waals surface area contributed by atoms with Crippen molar-refractivity contribution in [2.45, 2.75) is 31.1 Å². The topological polar surface area (TPSA) is 89.6 Å². The maximum absolute atomic E-state index is 12.7. The van der Waals surface area contributed by atoms with Gasteiger partial charge in [-0.05, 0) is 12.1 Å². The zero-order valence-corrected chi connectivity index (χ0v) is 16.2. The Balaban J connectivity index is 1.18. The summed E-state index contributed by atoms with van der Waals surface area (Å²) in [6.07, 6.45) is 1.63. The number of urea groups is 1. The van der Waals surface area contributed by atoms with Crippen LogP contribution in [0.15, 0.2) is 18.2 Å². The van der Waals surface area contributed by atoms with Gasteiger partial charge in [0.1, 0.15) is 13.2 Å². The summed E-state index contributed by atoms with van der Waals surface area (Å²) in [4.78, 5) is 28.7. The number of fused-ring (bicyclic) bond motifs is 1. The third kappa shape index (κ3) is 3.60. The van der Waals surface area contributed by atoms with Crippen molar-refractivity contribution < 1.29 is 28.5 Å². The lowest BCUT2D eigenvalue weighted by Crippen LogP contribution is -2.52. The molecule has 0 bridgehead atoms. The number of likely N-dealkylation sites (tertiary alicyclic amines) is 1. The summed E-state index contributed by atoms with van der Waals surface area (Å²) in [5.41, 5.74) is 0.756. The van der Waals surface area contributed by atoms with Crippen molar-refractivity contribution in [1.82, 2.24) is 10.2 Å². The Bertz CT molecular complexity index is 799. The van der Waals surface area contributed by atoms with Gasteiger partial charge < -0.3 is 34.1 Å². The minimum Gasteiger partial charge on any atom is -0.486 e. The molecule has 3 saturated heterocycles. The van der Waals surface area contributed by atoms with Crippen LogP contribution in [0.2, 0.25) is 0 Å². The van der Waals surface area contributed by atoms with E-state index in [0.717, 1.165) is 5.69 Å². The van der Waals surface area contributed by atoms with Crippen molar-refractivity contribution in [1.29, 1.82) is 0 Å². The Morgan fingerprint density at radius 2 is 1.76 bits per heavy atom. The molecule has 0 radical (unpaired) electrons. The fourth-order valence-corrected chi connectivity index (χ4v) is 4.36. The molecule has 0 unspecified atom stereocenters. The average molecular weight is 403 g/mol. The summed E-state index contributed by atoms with van der Waals surface area (Å²) in [5, 5.41) is 3.01. The van der Waals surface area contributed by atoms with Crippen molar-refractivity contribution in [3.63, 3.8) is 0 Å². The molecule has 4 aliphatic heterocycles. The Hall–Kier alpha value is -2.52. The SMILES string of the molecule is O=C(N[C@@H]1CC(=O)N(c2ccc3c(c2)OCCO3)C1)N1CCC2(CC1)OCCO2. The van der Waals surface area contributed by atoms with Gasteiger partial charge in [-0.15, -0.1) is 0 Å². The highest BCUT2D eigenvalue weighted by atomic mass is 16.7. The molecule has 1 atom stereocenters. The number of nitrogens with zero attached hydrogens (tertiary/aromatic N) is 2. The van der Waals surface area contributed by atoms with E-state index >= 15 is 0 Å². The second kappa shape index (κ2) is 7.38. The summed E-state index contributed by atoms with van der Waals surface area (Å²) >= 11 is 0. The highest BCUT2D eigenvalue weighted by Crippen LogP contribution is 2.35. The molecule has 3 fully saturated rings. The summed E-state index contributed by atoms with van der Waals surface area (Å²) < 4.78 is 22.6. The fraction of sp³-hybridized carbons (Fsp3) is 0.600. The van der Waals surface area contributed by atoms with E-state index in [1.165, 1.54) is 0 Å². The molecule has 4 aliphatic rings. The first-order chi connectivity index (χ1) is 14.1. The van der Waals surface area contributed by atoms with Crippen LogP contribution in [0.5, 0.6) is 11.5 Å². The maximum atomic E-state index is 12.7. The van der Waals surface area contributed by atoms with Gasteiger partial charge >= 0.3 is 6.03 Å². The molecular weight excluding hydrogens is 378 g/mol. The Morgan fingerprint density at radius 3 is 2.52 bits per heavy atom. The van der Waals surface area contributed by atoms with Gasteiger partial charge in [-0.2, -0.15) is 0 Å². The molecule has 1 spiro atoms. The van der Waals surface area contributed by atoms with Crippen molar-refractivity contribution in [2.75, 3.05) is 51.0 Å². The van der Waals surface area contributed by atoms with Crippen molar-refractivity contribution >= 4 is 17.6 Å². The van der Waals surface area contributed by atoms with Crippen LogP contribution in [0, 0.1) is 0 Å². The number of anilines is 1. The van der Waals surface area contributed by atoms with Crippen LogP contribution >= 0.6 is 0 Å². The third-order valence-electron chi connectivity index (χ3n) is 5.92. The highest BCUT2D eigenvalue weighted by molar-refractivity contribution is 5.97. The van der Waals surface area contributed by atoms with E-state index in [9.17, 15) is 9.59 Å². The molecule has 156 valence electrons. The van der Waals surface area contributed by atoms with Gasteiger partial charge in [0.05, 0.1) is 19.3 Å². The number of piperidine rings is 1. The van der Waals surface area contributed by atoms with E-state index < -0.39 is 5.79 Å². The normalized spacial score (nSPS) is 25.5. The molecule has 0 aliphatic carbocycles. The van der Waals surface area contributed by atoms with E-state index in [1.807, 2.05) is 18.2 Å². The minimum atomic E-state index is -0.505. The molecule has 0 aromatic heterocycles. The highest BCUT2D eigenvalue weighted by Gasteiger charge is 2.41. The average Bonchev–Trinajstić information content (AvgIpc) is 3.34. The van der Waals surface area contributed by atoms with E-state index in [-0.39, 0.29) is 24.4 Å². The quantitative estimate of drug-likeness (QED) is 0.796. The lowest BCUT2D eigenvalue weighted by atomic mass is 10.0. The Morgan fingerprint density at radius 1 is 1.03 bits per heavy atom. The molecule has 29 heavy (non-hydrogen) atoms. The molecule has 9 heteroatoms. The van der Waals surface area contributed by atoms with Crippen LogP contribution in [0.4, 0.5) is 10.5 Å². The predicted molar refractivity (Wildman–Crippen MR) is 102 cm³/mol. The van der Waals surface area contributed by atoms with E-state index in [2.05, 4.69) is 5.32 Å². The van der Waals surface area contributed by atoms with Crippen LogP contribution < -0.4 is 19.7 Å².